The molecule has 6 N–H and O–H groups in total. The number of nitrogens with zero attached hydrogens (tertiary/aromatic N) is 3. The Morgan fingerprint density at radius 2 is 1.69 bits per heavy atom. The highest BCUT2D eigenvalue weighted by atomic mass is 16.7. The molecule has 2 aliphatic rings. The maximum Gasteiger partial charge on any atom is 0.410 e. The number of hydrogen-bond donors (Lipinski definition) is 6. The lowest BCUT2D eigenvalue weighted by atomic mass is 9.90. The number of piperazine rings is 1. The Bertz CT molecular complexity index is 1760. The number of ether oxygens (including phenoxy) is 4. The minimum Gasteiger partial charge on any atom is -0.492 e. The SMILES string of the molecule is Cc1cc(OCCNC(=O)C(C)(C)C(=O)N2CCN(C(=O)OCc3ccccc3)CC2)ccc1Cc1c(OC2O[C@H](CO)[C@@H](O)[C@H](O)[C@H]2O)n[nH]c1C(C)C. The number of carbonyl (C=O) groups is 3. The van der Waals surface area contributed by atoms with Gasteiger partial charge in [0.05, 0.1) is 13.2 Å². The molecule has 3 aromatic rings. The van der Waals surface area contributed by atoms with Crippen LogP contribution in [0.4, 0.5) is 4.79 Å². The first-order chi connectivity index (χ1) is 26.2. The first-order valence-corrected chi connectivity index (χ1v) is 18.5. The number of aliphatic hydroxyl groups excluding tert-OH is 4. The second-order valence-electron chi connectivity index (χ2n) is 14.7. The van der Waals surface area contributed by atoms with Crippen molar-refractivity contribution in [3.63, 3.8) is 0 Å². The van der Waals surface area contributed by atoms with Crippen LogP contribution < -0.4 is 14.8 Å². The molecule has 0 radical (unpaired) electrons. The van der Waals surface area contributed by atoms with Crippen LogP contribution in [0.2, 0.25) is 0 Å². The van der Waals surface area contributed by atoms with Crippen molar-refractivity contribution in [1.82, 2.24) is 25.3 Å². The van der Waals surface area contributed by atoms with E-state index >= 15 is 0 Å². The molecular formula is C39H53N5O11. The number of nitrogens with one attached hydrogen (secondary N) is 2. The summed E-state index contributed by atoms with van der Waals surface area (Å²) in [5, 5.41) is 50.5. The van der Waals surface area contributed by atoms with Gasteiger partial charge in [0, 0.05) is 43.9 Å². The van der Waals surface area contributed by atoms with Crippen LogP contribution in [-0.2, 0) is 32.1 Å². The standard InChI is InChI=1S/C39H53N5O11/c1-23(2)30-28(34(42-41-30)55-35-33(48)32(47)31(46)29(21-45)54-35)20-26-11-12-27(19-24(26)3)52-18-13-40-36(49)39(4,5)37(50)43-14-16-44(17-15-43)38(51)53-22-25-9-7-6-8-10-25/h6-12,19,23,29,31-33,35,45-48H,13-18,20-22H2,1-5H3,(H,40,49)(H,41,42)/t29-,31-,32+,33-,35?/m1/s1. The Morgan fingerprint density at radius 3 is 2.35 bits per heavy atom. The van der Waals surface area contributed by atoms with Crippen molar-refractivity contribution in [3.8, 4) is 11.6 Å². The van der Waals surface area contributed by atoms with E-state index in [0.717, 1.165) is 22.4 Å². The van der Waals surface area contributed by atoms with Gasteiger partial charge in [-0.05, 0) is 55.5 Å². The van der Waals surface area contributed by atoms with E-state index < -0.39 is 54.7 Å². The predicted molar refractivity (Wildman–Crippen MR) is 198 cm³/mol. The van der Waals surface area contributed by atoms with Crippen molar-refractivity contribution in [2.75, 3.05) is 45.9 Å². The molecule has 2 aliphatic heterocycles. The second-order valence-corrected chi connectivity index (χ2v) is 14.7. The fourth-order valence-electron chi connectivity index (χ4n) is 6.48. The van der Waals surface area contributed by atoms with Gasteiger partial charge in [-0.1, -0.05) is 50.2 Å². The normalized spacial score (nSPS) is 21.7. The van der Waals surface area contributed by atoms with Gasteiger partial charge in [0.2, 0.25) is 24.0 Å². The van der Waals surface area contributed by atoms with Crippen LogP contribution in [0, 0.1) is 12.3 Å². The smallest absolute Gasteiger partial charge is 0.410 e. The number of rotatable bonds is 14. The third-order valence-electron chi connectivity index (χ3n) is 9.98. The summed E-state index contributed by atoms with van der Waals surface area (Å²) in [5.74, 6) is 0.0282. The number of hydrogen-bond acceptors (Lipinski definition) is 12. The zero-order chi connectivity index (χ0) is 39.9. The number of aromatic nitrogens is 2. The van der Waals surface area contributed by atoms with Crippen LogP contribution in [0.5, 0.6) is 11.6 Å². The molecular weight excluding hydrogens is 714 g/mol. The lowest BCUT2D eigenvalue weighted by Crippen LogP contribution is -2.60. The maximum absolute atomic E-state index is 13.4. The molecule has 0 aliphatic carbocycles. The van der Waals surface area contributed by atoms with E-state index in [0.29, 0.717) is 43.9 Å². The molecule has 16 heteroatoms. The molecule has 300 valence electrons. The number of H-pyrrole nitrogens is 1. The number of aliphatic hydroxyl groups is 4. The van der Waals surface area contributed by atoms with Gasteiger partial charge in [-0.15, -0.1) is 5.10 Å². The van der Waals surface area contributed by atoms with Crippen LogP contribution in [-0.4, -0.2) is 135 Å². The highest BCUT2D eigenvalue weighted by Gasteiger charge is 2.45. The van der Waals surface area contributed by atoms with Crippen LogP contribution in [0.1, 0.15) is 61.6 Å². The first-order valence-electron chi connectivity index (χ1n) is 18.5. The summed E-state index contributed by atoms with van der Waals surface area (Å²) in [6, 6.07) is 15.0. The van der Waals surface area contributed by atoms with Crippen molar-refractivity contribution in [3.05, 3.63) is 76.5 Å². The number of aryl methyl sites for hydroxylation is 1. The van der Waals surface area contributed by atoms with Crippen LogP contribution in [0.3, 0.4) is 0 Å². The zero-order valence-corrected chi connectivity index (χ0v) is 31.9. The molecule has 1 aromatic heterocycles. The van der Waals surface area contributed by atoms with Crippen LogP contribution in [0.15, 0.2) is 48.5 Å². The summed E-state index contributed by atoms with van der Waals surface area (Å²) in [5.41, 5.74) is 2.92. The predicted octanol–water partition coefficient (Wildman–Crippen LogP) is 1.61. The molecule has 1 unspecified atom stereocenters. The Labute approximate surface area is 320 Å². The lowest BCUT2D eigenvalue weighted by molar-refractivity contribution is -0.278. The molecule has 0 spiro atoms. The van der Waals surface area contributed by atoms with Gasteiger partial charge >= 0.3 is 6.09 Å². The van der Waals surface area contributed by atoms with Gasteiger partial charge in [0.15, 0.2) is 0 Å². The Hall–Kier alpha value is -4.74. The molecule has 2 aromatic carbocycles. The van der Waals surface area contributed by atoms with E-state index in [1.807, 2.05) is 69.3 Å². The second kappa shape index (κ2) is 18.3. The van der Waals surface area contributed by atoms with Crippen LogP contribution >= 0.6 is 0 Å². The topological polar surface area (TPSA) is 216 Å². The van der Waals surface area contributed by atoms with Crippen molar-refractivity contribution < 1.29 is 53.8 Å². The summed E-state index contributed by atoms with van der Waals surface area (Å²) in [6.45, 7) is 10.2. The number of benzene rings is 2. The van der Waals surface area contributed by atoms with Crippen molar-refractivity contribution in [1.29, 1.82) is 0 Å². The summed E-state index contributed by atoms with van der Waals surface area (Å²) in [6.07, 6.45) is -7.21. The van der Waals surface area contributed by atoms with Gasteiger partial charge in [-0.25, -0.2) is 4.79 Å². The average molecular weight is 768 g/mol. The fraction of sp³-hybridized carbons (Fsp3) is 0.538. The summed E-state index contributed by atoms with van der Waals surface area (Å²) in [7, 11) is 0. The van der Waals surface area contributed by atoms with Crippen LogP contribution in [0.25, 0.3) is 0 Å². The Morgan fingerprint density at radius 1 is 1.00 bits per heavy atom. The van der Waals surface area contributed by atoms with Crippen molar-refractivity contribution in [2.45, 2.75) is 84.3 Å². The molecule has 16 nitrogen and oxygen atoms in total. The molecule has 5 rings (SSSR count). The summed E-state index contributed by atoms with van der Waals surface area (Å²) in [4.78, 5) is 42.2. The largest absolute Gasteiger partial charge is 0.492 e. The number of aromatic amines is 1. The molecule has 2 fully saturated rings. The Balaban J connectivity index is 1.09. The quantitative estimate of drug-likeness (QED) is 0.102. The molecule has 0 saturated carbocycles. The van der Waals surface area contributed by atoms with Gasteiger partial charge in [-0.3, -0.25) is 14.7 Å². The number of carbonyl (C=O) groups excluding carboxylic acids is 3. The molecule has 55 heavy (non-hydrogen) atoms. The summed E-state index contributed by atoms with van der Waals surface area (Å²) < 4.78 is 22.8. The van der Waals surface area contributed by atoms with Gasteiger partial charge in [-0.2, -0.15) is 0 Å². The third kappa shape index (κ3) is 9.93. The highest BCUT2D eigenvalue weighted by Crippen LogP contribution is 2.32. The van der Waals surface area contributed by atoms with E-state index in [4.69, 9.17) is 18.9 Å². The fourth-order valence-corrected chi connectivity index (χ4v) is 6.48. The van der Waals surface area contributed by atoms with E-state index in [9.17, 15) is 34.8 Å². The lowest BCUT2D eigenvalue weighted by Gasteiger charge is -2.39. The minimum absolute atomic E-state index is 0.0411. The Kier molecular flexibility index (Phi) is 13.8. The van der Waals surface area contributed by atoms with E-state index in [2.05, 4.69) is 15.5 Å². The van der Waals surface area contributed by atoms with Crippen molar-refractivity contribution in [2.24, 2.45) is 5.41 Å². The highest BCUT2D eigenvalue weighted by molar-refractivity contribution is 6.04. The van der Waals surface area contributed by atoms with Gasteiger partial charge in [0.25, 0.3) is 0 Å². The van der Waals surface area contributed by atoms with E-state index in [-0.39, 0.29) is 37.5 Å². The monoisotopic (exact) mass is 767 g/mol. The molecule has 0 bridgehead atoms. The maximum atomic E-state index is 13.4. The molecule has 3 amide bonds. The van der Waals surface area contributed by atoms with E-state index in [1.54, 1.807) is 23.6 Å². The average Bonchev–Trinajstić information content (AvgIpc) is 3.58. The third-order valence-corrected chi connectivity index (χ3v) is 9.98. The number of amides is 3. The van der Waals surface area contributed by atoms with Gasteiger partial charge in [0.1, 0.15) is 48.8 Å². The zero-order valence-electron chi connectivity index (χ0n) is 31.9. The van der Waals surface area contributed by atoms with Crippen molar-refractivity contribution >= 4 is 17.9 Å². The molecule has 3 heterocycles. The molecule has 2 saturated heterocycles. The van der Waals surface area contributed by atoms with Gasteiger partial charge < -0.3 is 54.5 Å². The summed E-state index contributed by atoms with van der Waals surface area (Å²) >= 11 is 0. The minimum atomic E-state index is -1.59. The first kappa shape index (κ1) is 41.4. The molecule has 5 atom stereocenters. The van der Waals surface area contributed by atoms with E-state index in [1.165, 1.54) is 0 Å².